The molecule has 8 nitrogen and oxygen atoms in total. The van der Waals surface area contributed by atoms with Crippen molar-refractivity contribution < 1.29 is 24.2 Å². The zero-order valence-electron chi connectivity index (χ0n) is 27.3. The minimum atomic E-state index is -0.614. The molecule has 46 heavy (non-hydrogen) atoms. The number of fused-ring (bicyclic) bond motifs is 2. The summed E-state index contributed by atoms with van der Waals surface area (Å²) in [6, 6.07) is 22.4. The van der Waals surface area contributed by atoms with Gasteiger partial charge in [0.15, 0.2) is 0 Å². The molecule has 3 N–H and O–H groups in total. The number of hydrogen-bond donors (Lipinski definition) is 3. The maximum absolute atomic E-state index is 13.4. The molecule has 0 saturated heterocycles. The molecule has 242 valence electrons. The molecule has 0 bridgehead atoms. The number of rotatable bonds is 14. The molecule has 3 amide bonds. The van der Waals surface area contributed by atoms with Crippen molar-refractivity contribution >= 4 is 23.4 Å². The highest BCUT2D eigenvalue weighted by Gasteiger charge is 2.29. The fourth-order valence-corrected chi connectivity index (χ4v) is 5.14. The van der Waals surface area contributed by atoms with Gasteiger partial charge in [-0.15, -0.1) is 0 Å². The highest BCUT2D eigenvalue weighted by atomic mass is 16.5. The van der Waals surface area contributed by atoms with Gasteiger partial charge in [0, 0.05) is 49.1 Å². The molecule has 4 rings (SSSR count). The summed E-state index contributed by atoms with van der Waals surface area (Å²) in [6.45, 7) is 9.21. The van der Waals surface area contributed by atoms with Gasteiger partial charge in [0.05, 0.1) is 17.8 Å². The maximum atomic E-state index is 13.4. The highest BCUT2D eigenvalue weighted by molar-refractivity contribution is 5.95. The molecule has 0 unspecified atom stereocenters. The normalized spacial score (nSPS) is 12.5. The Kier molecular flexibility index (Phi) is 11.6. The van der Waals surface area contributed by atoms with Gasteiger partial charge >= 0.3 is 0 Å². The Hall–Kier alpha value is -4.61. The molecular weight excluding hydrogens is 578 g/mol. The lowest BCUT2D eigenvalue weighted by atomic mass is 9.88. The van der Waals surface area contributed by atoms with E-state index in [9.17, 15) is 19.5 Å². The average Bonchev–Trinajstić information content (AvgIpc) is 3.02. The van der Waals surface area contributed by atoms with E-state index in [1.165, 1.54) is 0 Å². The molecule has 0 fully saturated rings. The number of hydrogen-bond acceptors (Lipinski definition) is 5. The molecule has 0 radical (unpaired) electrons. The van der Waals surface area contributed by atoms with Gasteiger partial charge in [-0.2, -0.15) is 0 Å². The molecule has 1 heterocycles. The molecule has 0 aromatic heterocycles. The van der Waals surface area contributed by atoms with Crippen LogP contribution in [0.15, 0.2) is 72.8 Å². The molecule has 8 heteroatoms. The second-order valence-corrected chi connectivity index (χ2v) is 12.9. The van der Waals surface area contributed by atoms with Crippen molar-refractivity contribution in [2.75, 3.05) is 24.6 Å². The third kappa shape index (κ3) is 9.95. The van der Waals surface area contributed by atoms with Gasteiger partial charge in [0.25, 0.3) is 0 Å². The number of nitrogens with zero attached hydrogens (tertiary/aromatic N) is 1. The van der Waals surface area contributed by atoms with E-state index in [1.54, 1.807) is 17.0 Å². The van der Waals surface area contributed by atoms with Crippen LogP contribution in [0.3, 0.4) is 0 Å². The van der Waals surface area contributed by atoms with Gasteiger partial charge < -0.3 is 25.4 Å². The molecule has 0 atom stereocenters. The summed E-state index contributed by atoms with van der Waals surface area (Å²) in [5.74, 6) is 6.39. The first-order valence-electron chi connectivity index (χ1n) is 15.9. The van der Waals surface area contributed by atoms with E-state index >= 15 is 0 Å². The molecule has 0 aliphatic carbocycles. The second-order valence-electron chi connectivity index (χ2n) is 12.9. The van der Waals surface area contributed by atoms with Crippen molar-refractivity contribution in [3.05, 3.63) is 95.1 Å². The van der Waals surface area contributed by atoms with Crippen LogP contribution in [0.1, 0.15) is 75.6 Å². The van der Waals surface area contributed by atoms with Gasteiger partial charge in [-0.1, -0.05) is 68.2 Å². The molecular formula is C38H45N3O5. The number of para-hydroxylation sites is 1. The summed E-state index contributed by atoms with van der Waals surface area (Å²) >= 11 is 0. The van der Waals surface area contributed by atoms with Crippen LogP contribution >= 0.6 is 0 Å². The zero-order chi connectivity index (χ0) is 33.2. The lowest BCUT2D eigenvalue weighted by Crippen LogP contribution is -2.39. The number of aromatic hydroxyl groups is 1. The first-order chi connectivity index (χ1) is 21.9. The van der Waals surface area contributed by atoms with Crippen molar-refractivity contribution in [3.8, 4) is 17.6 Å². The van der Waals surface area contributed by atoms with E-state index in [1.807, 2.05) is 88.4 Å². The number of carbonyl (C=O) groups is 3. The topological polar surface area (TPSA) is 108 Å². The third-order valence-electron chi connectivity index (χ3n) is 8.26. The summed E-state index contributed by atoms with van der Waals surface area (Å²) in [4.78, 5) is 40.6. The number of anilines is 1. The summed E-state index contributed by atoms with van der Waals surface area (Å²) in [5.41, 5.74) is 3.33. The maximum Gasteiger partial charge on any atom is 0.229 e. The third-order valence-corrected chi connectivity index (χ3v) is 8.26. The Morgan fingerprint density at radius 3 is 2.26 bits per heavy atom. The van der Waals surface area contributed by atoms with Crippen molar-refractivity contribution in [2.24, 2.45) is 5.41 Å². The Labute approximate surface area is 272 Å². The van der Waals surface area contributed by atoms with Crippen LogP contribution in [0.2, 0.25) is 0 Å². The predicted molar refractivity (Wildman–Crippen MR) is 180 cm³/mol. The number of ether oxygens (including phenoxy) is 1. The Bertz CT molecular complexity index is 1580. The van der Waals surface area contributed by atoms with Crippen LogP contribution < -0.4 is 15.5 Å². The number of benzene rings is 3. The van der Waals surface area contributed by atoms with Crippen molar-refractivity contribution in [2.45, 2.75) is 71.9 Å². The summed E-state index contributed by atoms with van der Waals surface area (Å²) in [5, 5.41) is 15.3. The largest absolute Gasteiger partial charge is 0.508 e. The standard InChI is InChI=1S/C38H45N3O5/c1-37(2,36(45)40-24-20-28-13-17-32(42)18-14-28)23-26-46-38(3,4)22-19-34(43)39-25-21-35(44)41-27-31-11-6-5-9-29(31)15-16-30-10-7-8-12-33(30)41/h5-14,17-18,42H,19-27H2,1-4H3,(H,39,43)(H,40,45). The molecule has 3 aromatic carbocycles. The van der Waals surface area contributed by atoms with Gasteiger partial charge in [-0.05, 0) is 74.6 Å². The van der Waals surface area contributed by atoms with Crippen molar-refractivity contribution in [1.82, 2.24) is 10.6 Å². The van der Waals surface area contributed by atoms with Crippen LogP contribution in [0, 0.1) is 17.3 Å². The number of phenols is 1. The van der Waals surface area contributed by atoms with Crippen LogP contribution in [0.5, 0.6) is 5.75 Å². The Morgan fingerprint density at radius 2 is 1.50 bits per heavy atom. The molecule has 1 aliphatic rings. The molecule has 0 spiro atoms. The van der Waals surface area contributed by atoms with E-state index in [4.69, 9.17) is 4.74 Å². The summed E-state index contributed by atoms with van der Waals surface area (Å²) < 4.78 is 6.10. The zero-order valence-corrected chi connectivity index (χ0v) is 27.3. The first kappa shape index (κ1) is 34.3. The Morgan fingerprint density at radius 1 is 0.826 bits per heavy atom. The van der Waals surface area contributed by atoms with E-state index in [0.29, 0.717) is 39.0 Å². The van der Waals surface area contributed by atoms with Gasteiger partial charge in [-0.3, -0.25) is 14.4 Å². The molecule has 1 aliphatic heterocycles. The van der Waals surface area contributed by atoms with Crippen LogP contribution in [0.4, 0.5) is 5.69 Å². The summed E-state index contributed by atoms with van der Waals surface area (Å²) in [6.07, 6.45) is 2.14. The number of phenolic OH excluding ortho intramolecular Hbond substituents is 1. The number of carbonyl (C=O) groups excluding carboxylic acids is 3. The lowest BCUT2D eigenvalue weighted by Gasteiger charge is -2.29. The van der Waals surface area contributed by atoms with E-state index in [0.717, 1.165) is 27.9 Å². The van der Waals surface area contributed by atoms with Gasteiger partial charge in [-0.25, -0.2) is 0 Å². The fourth-order valence-electron chi connectivity index (χ4n) is 5.14. The van der Waals surface area contributed by atoms with Crippen LogP contribution in [-0.2, 0) is 32.1 Å². The number of nitrogens with one attached hydrogen (secondary N) is 2. The fraction of sp³-hybridized carbons (Fsp3) is 0.395. The quantitative estimate of drug-likeness (QED) is 0.206. The predicted octanol–water partition coefficient (Wildman–Crippen LogP) is 5.50. The Balaban J connectivity index is 1.17. The monoisotopic (exact) mass is 623 g/mol. The van der Waals surface area contributed by atoms with Crippen LogP contribution in [-0.4, -0.2) is 48.1 Å². The second kappa shape index (κ2) is 15.6. The van der Waals surface area contributed by atoms with Gasteiger partial charge in [0.2, 0.25) is 17.7 Å². The highest BCUT2D eigenvalue weighted by Crippen LogP contribution is 2.26. The van der Waals surface area contributed by atoms with Gasteiger partial charge in [0.1, 0.15) is 5.75 Å². The summed E-state index contributed by atoms with van der Waals surface area (Å²) in [7, 11) is 0. The average molecular weight is 624 g/mol. The van der Waals surface area contributed by atoms with E-state index < -0.39 is 11.0 Å². The number of amides is 3. The minimum absolute atomic E-state index is 0.0435. The van der Waals surface area contributed by atoms with Crippen molar-refractivity contribution in [1.29, 1.82) is 0 Å². The smallest absolute Gasteiger partial charge is 0.229 e. The first-order valence-corrected chi connectivity index (χ1v) is 15.9. The van der Waals surface area contributed by atoms with Crippen molar-refractivity contribution in [3.63, 3.8) is 0 Å². The van der Waals surface area contributed by atoms with E-state index in [2.05, 4.69) is 22.5 Å². The minimum Gasteiger partial charge on any atom is -0.508 e. The lowest BCUT2D eigenvalue weighted by molar-refractivity contribution is -0.131. The van der Waals surface area contributed by atoms with Crippen LogP contribution in [0.25, 0.3) is 0 Å². The SMILES string of the molecule is CC(C)(CCC(=O)NCCC(=O)N1Cc2ccccc2C#Cc2ccccc21)OCCC(C)(C)C(=O)NCCc1ccc(O)cc1. The molecule has 3 aromatic rings. The van der Waals surface area contributed by atoms with E-state index in [-0.39, 0.29) is 42.9 Å². The molecule has 0 saturated carbocycles.